The van der Waals surface area contributed by atoms with Gasteiger partial charge in [-0.25, -0.2) is 0 Å². The number of nitrogens with zero attached hydrogens (tertiary/aromatic N) is 3. The van der Waals surface area contributed by atoms with Crippen molar-refractivity contribution in [3.63, 3.8) is 0 Å². The molecule has 1 aromatic carbocycles. The lowest BCUT2D eigenvalue weighted by Gasteiger charge is -2.16. The Hall–Kier alpha value is -2.73. The standard InChI is InChI=1S/C18H19N5O/c1-2-15-16(22-8-7-21-15)9-13(1)10-23-17-12-20-6-4-18(17)24-14-3-5-19-11-14/h1-2,4,6-9,12,14,19,23H,3,5,10-11H2/t14-/m1/s1. The lowest BCUT2D eigenvalue weighted by molar-refractivity contribution is 0.224. The van der Waals surface area contributed by atoms with Crippen LogP contribution in [-0.4, -0.2) is 34.1 Å². The molecular formula is C18H19N5O. The average molecular weight is 321 g/mol. The average Bonchev–Trinajstić information content (AvgIpc) is 3.14. The summed E-state index contributed by atoms with van der Waals surface area (Å²) in [5.41, 5.74) is 3.85. The van der Waals surface area contributed by atoms with E-state index in [4.69, 9.17) is 4.74 Å². The molecule has 1 fully saturated rings. The molecule has 6 heteroatoms. The van der Waals surface area contributed by atoms with Gasteiger partial charge < -0.3 is 15.4 Å². The molecule has 3 heterocycles. The third kappa shape index (κ3) is 3.28. The molecule has 1 saturated heterocycles. The normalized spacial score (nSPS) is 17.1. The lowest BCUT2D eigenvalue weighted by Crippen LogP contribution is -2.20. The second-order valence-corrected chi connectivity index (χ2v) is 5.84. The van der Waals surface area contributed by atoms with Gasteiger partial charge in [-0.2, -0.15) is 0 Å². The van der Waals surface area contributed by atoms with Crippen molar-refractivity contribution >= 4 is 16.7 Å². The summed E-state index contributed by atoms with van der Waals surface area (Å²) < 4.78 is 6.08. The van der Waals surface area contributed by atoms with Gasteiger partial charge in [-0.05, 0) is 30.7 Å². The van der Waals surface area contributed by atoms with Gasteiger partial charge in [0.05, 0.1) is 22.9 Å². The van der Waals surface area contributed by atoms with E-state index in [-0.39, 0.29) is 6.10 Å². The molecule has 4 rings (SSSR count). The Morgan fingerprint density at radius 2 is 2.04 bits per heavy atom. The number of hydrogen-bond acceptors (Lipinski definition) is 6. The number of ether oxygens (including phenoxy) is 1. The minimum Gasteiger partial charge on any atom is -0.487 e. The second kappa shape index (κ2) is 6.80. The molecule has 0 radical (unpaired) electrons. The Kier molecular flexibility index (Phi) is 4.20. The van der Waals surface area contributed by atoms with E-state index in [0.29, 0.717) is 6.54 Å². The minimum absolute atomic E-state index is 0.226. The van der Waals surface area contributed by atoms with Crippen LogP contribution in [0.5, 0.6) is 5.75 Å². The van der Waals surface area contributed by atoms with Crippen LogP contribution in [0.15, 0.2) is 49.1 Å². The first kappa shape index (κ1) is 14.8. The van der Waals surface area contributed by atoms with Crippen molar-refractivity contribution in [2.24, 2.45) is 0 Å². The van der Waals surface area contributed by atoms with Crippen LogP contribution in [0.3, 0.4) is 0 Å². The summed E-state index contributed by atoms with van der Waals surface area (Å²) in [6, 6.07) is 8.01. The summed E-state index contributed by atoms with van der Waals surface area (Å²) in [6.45, 7) is 2.58. The molecule has 1 aliphatic rings. The highest BCUT2D eigenvalue weighted by Crippen LogP contribution is 2.25. The van der Waals surface area contributed by atoms with Crippen LogP contribution in [0.1, 0.15) is 12.0 Å². The van der Waals surface area contributed by atoms with E-state index in [2.05, 4.69) is 31.7 Å². The molecule has 0 spiro atoms. The number of benzene rings is 1. The van der Waals surface area contributed by atoms with E-state index in [1.54, 1.807) is 24.8 Å². The first-order valence-electron chi connectivity index (χ1n) is 8.13. The van der Waals surface area contributed by atoms with Crippen molar-refractivity contribution in [3.05, 3.63) is 54.6 Å². The molecule has 2 aromatic heterocycles. The molecule has 0 unspecified atom stereocenters. The first-order chi connectivity index (χ1) is 11.9. The van der Waals surface area contributed by atoms with E-state index in [1.165, 1.54) is 0 Å². The largest absolute Gasteiger partial charge is 0.487 e. The Balaban J connectivity index is 1.48. The molecular weight excluding hydrogens is 302 g/mol. The Labute approximate surface area is 140 Å². The van der Waals surface area contributed by atoms with Crippen molar-refractivity contribution < 1.29 is 4.74 Å². The van der Waals surface area contributed by atoms with Gasteiger partial charge in [-0.15, -0.1) is 0 Å². The number of hydrogen-bond donors (Lipinski definition) is 2. The smallest absolute Gasteiger partial charge is 0.146 e. The molecule has 6 nitrogen and oxygen atoms in total. The predicted molar refractivity (Wildman–Crippen MR) is 93.0 cm³/mol. The number of fused-ring (bicyclic) bond motifs is 1. The van der Waals surface area contributed by atoms with Crippen LogP contribution in [0.4, 0.5) is 5.69 Å². The van der Waals surface area contributed by atoms with E-state index < -0.39 is 0 Å². The summed E-state index contributed by atoms with van der Waals surface area (Å²) in [5, 5.41) is 6.73. The van der Waals surface area contributed by atoms with Crippen LogP contribution in [0, 0.1) is 0 Å². The fourth-order valence-electron chi connectivity index (χ4n) is 2.84. The number of pyridine rings is 1. The van der Waals surface area contributed by atoms with Crippen molar-refractivity contribution in [2.45, 2.75) is 19.1 Å². The Bertz CT molecular complexity index is 832. The molecule has 122 valence electrons. The quantitative estimate of drug-likeness (QED) is 0.752. The summed E-state index contributed by atoms with van der Waals surface area (Å²) in [6.07, 6.45) is 8.24. The molecule has 2 N–H and O–H groups in total. The zero-order valence-electron chi connectivity index (χ0n) is 13.3. The van der Waals surface area contributed by atoms with E-state index in [1.807, 2.05) is 18.2 Å². The van der Waals surface area contributed by atoms with Gasteiger partial charge in [0.2, 0.25) is 0 Å². The van der Waals surface area contributed by atoms with Gasteiger partial charge in [-0.1, -0.05) is 6.07 Å². The second-order valence-electron chi connectivity index (χ2n) is 5.84. The highest BCUT2D eigenvalue weighted by molar-refractivity contribution is 5.74. The van der Waals surface area contributed by atoms with Crippen molar-refractivity contribution in [3.8, 4) is 5.75 Å². The topological polar surface area (TPSA) is 72.0 Å². The van der Waals surface area contributed by atoms with E-state index in [0.717, 1.165) is 47.5 Å². The molecule has 0 aliphatic carbocycles. The molecule has 0 bridgehead atoms. The highest BCUT2D eigenvalue weighted by atomic mass is 16.5. The van der Waals surface area contributed by atoms with Crippen molar-refractivity contribution in [1.29, 1.82) is 0 Å². The number of nitrogens with one attached hydrogen (secondary N) is 2. The third-order valence-corrected chi connectivity index (χ3v) is 4.11. The fourth-order valence-corrected chi connectivity index (χ4v) is 2.84. The van der Waals surface area contributed by atoms with Crippen LogP contribution >= 0.6 is 0 Å². The van der Waals surface area contributed by atoms with Crippen molar-refractivity contribution in [1.82, 2.24) is 20.3 Å². The summed E-state index contributed by atoms with van der Waals surface area (Å²) in [5.74, 6) is 0.847. The maximum absolute atomic E-state index is 6.08. The van der Waals surface area contributed by atoms with Crippen LogP contribution in [-0.2, 0) is 6.54 Å². The summed E-state index contributed by atoms with van der Waals surface area (Å²) in [4.78, 5) is 12.8. The zero-order valence-corrected chi connectivity index (χ0v) is 13.3. The SMILES string of the molecule is c1cc(O[C@@H]2CCNC2)c(NCc2ccc3nccnc3c2)cn1. The van der Waals surface area contributed by atoms with Gasteiger partial charge in [0.25, 0.3) is 0 Å². The molecule has 0 amide bonds. The molecule has 24 heavy (non-hydrogen) atoms. The van der Waals surface area contributed by atoms with Gasteiger partial charge >= 0.3 is 0 Å². The first-order valence-corrected chi connectivity index (χ1v) is 8.13. The van der Waals surface area contributed by atoms with Gasteiger partial charge in [0.1, 0.15) is 11.9 Å². The van der Waals surface area contributed by atoms with E-state index >= 15 is 0 Å². The van der Waals surface area contributed by atoms with Gasteiger partial charge in [-0.3, -0.25) is 15.0 Å². The molecule has 3 aromatic rings. The number of aromatic nitrogens is 3. The Morgan fingerprint density at radius 1 is 1.12 bits per heavy atom. The third-order valence-electron chi connectivity index (χ3n) is 4.11. The zero-order chi connectivity index (χ0) is 16.2. The molecule has 0 saturated carbocycles. The van der Waals surface area contributed by atoms with Crippen molar-refractivity contribution in [2.75, 3.05) is 18.4 Å². The fraction of sp³-hybridized carbons (Fsp3) is 0.278. The number of rotatable bonds is 5. The van der Waals surface area contributed by atoms with Crippen LogP contribution in [0.2, 0.25) is 0 Å². The lowest BCUT2D eigenvalue weighted by atomic mass is 10.2. The van der Waals surface area contributed by atoms with E-state index in [9.17, 15) is 0 Å². The summed E-state index contributed by atoms with van der Waals surface area (Å²) in [7, 11) is 0. The molecule has 1 aliphatic heterocycles. The molecule has 1 atom stereocenters. The van der Waals surface area contributed by atoms with Gasteiger partial charge in [0.15, 0.2) is 0 Å². The highest BCUT2D eigenvalue weighted by Gasteiger charge is 2.17. The summed E-state index contributed by atoms with van der Waals surface area (Å²) >= 11 is 0. The predicted octanol–water partition coefficient (Wildman–Crippen LogP) is 2.38. The monoisotopic (exact) mass is 321 g/mol. The Morgan fingerprint density at radius 3 is 2.92 bits per heavy atom. The van der Waals surface area contributed by atoms with Crippen LogP contribution in [0.25, 0.3) is 11.0 Å². The maximum Gasteiger partial charge on any atom is 0.146 e. The van der Waals surface area contributed by atoms with Crippen LogP contribution < -0.4 is 15.4 Å². The minimum atomic E-state index is 0.226. The van der Waals surface area contributed by atoms with Gasteiger partial charge in [0, 0.05) is 37.7 Å². The number of anilines is 1. The maximum atomic E-state index is 6.08.